The van der Waals surface area contributed by atoms with Gasteiger partial charge in [-0.3, -0.25) is 4.98 Å². The third-order valence-corrected chi connectivity index (χ3v) is 2.42. The lowest BCUT2D eigenvalue weighted by Gasteiger charge is -2.11. The first-order valence-electron chi connectivity index (χ1n) is 5.55. The van der Waals surface area contributed by atoms with E-state index in [1.165, 1.54) is 0 Å². The molecule has 0 aliphatic heterocycles. The molecule has 2 aromatic heterocycles. The van der Waals surface area contributed by atoms with Gasteiger partial charge in [-0.15, -0.1) is 10.2 Å². The summed E-state index contributed by atoms with van der Waals surface area (Å²) in [4.78, 5) is 3.68. The Morgan fingerprint density at radius 1 is 1.11 bits per heavy atom. The van der Waals surface area contributed by atoms with Gasteiger partial charge in [-0.25, -0.2) is 0 Å². The fourth-order valence-corrected chi connectivity index (χ4v) is 1.45. The summed E-state index contributed by atoms with van der Waals surface area (Å²) >= 11 is 0. The minimum atomic E-state index is -4.49. The van der Waals surface area contributed by atoms with Crippen molar-refractivity contribution in [2.45, 2.75) is 32.4 Å². The van der Waals surface area contributed by atoms with Crippen LogP contribution in [0.1, 0.15) is 32.2 Å². The molecule has 7 heteroatoms. The number of hydrogen-bond acceptors (Lipinski definition) is 4. The van der Waals surface area contributed by atoms with Crippen molar-refractivity contribution >= 4 is 0 Å². The molecule has 0 unspecified atom stereocenters. The van der Waals surface area contributed by atoms with Crippen LogP contribution in [-0.2, 0) is 11.6 Å². The number of rotatable bonds is 1. The van der Waals surface area contributed by atoms with E-state index in [2.05, 4.69) is 15.2 Å². The zero-order valence-electron chi connectivity index (χ0n) is 10.6. The van der Waals surface area contributed by atoms with Crippen LogP contribution in [0.3, 0.4) is 0 Å². The number of alkyl halides is 3. The number of halogens is 3. The largest absolute Gasteiger partial charge is 0.420 e. The predicted molar refractivity (Wildman–Crippen MR) is 61.2 cm³/mol. The fourth-order valence-electron chi connectivity index (χ4n) is 1.45. The summed E-state index contributed by atoms with van der Waals surface area (Å²) in [5, 5.41) is 7.45. The van der Waals surface area contributed by atoms with Crippen LogP contribution in [-0.4, -0.2) is 15.2 Å². The van der Waals surface area contributed by atoms with E-state index in [-0.39, 0.29) is 17.3 Å². The molecule has 2 rings (SSSR count). The molecule has 0 aromatic carbocycles. The number of aromatic nitrogens is 3. The van der Waals surface area contributed by atoms with Crippen LogP contribution in [0, 0.1) is 0 Å². The second-order valence-electron chi connectivity index (χ2n) is 5.08. The lowest BCUT2D eigenvalue weighted by Crippen LogP contribution is -2.11. The molecule has 2 aromatic rings. The molecule has 0 bridgehead atoms. The Labute approximate surface area is 107 Å². The van der Waals surface area contributed by atoms with E-state index < -0.39 is 17.2 Å². The Balaban J connectivity index is 2.52. The van der Waals surface area contributed by atoms with Crippen LogP contribution < -0.4 is 0 Å². The molecule has 2 heterocycles. The maximum absolute atomic E-state index is 12.9. The molecule has 0 N–H and O–H groups in total. The van der Waals surface area contributed by atoms with Gasteiger partial charge in [-0.2, -0.15) is 13.2 Å². The lowest BCUT2D eigenvalue weighted by molar-refractivity contribution is -0.137. The zero-order chi connectivity index (χ0) is 14.3. The van der Waals surface area contributed by atoms with Crippen LogP contribution in [0.2, 0.25) is 0 Å². The molecule has 0 spiro atoms. The Morgan fingerprint density at radius 2 is 1.79 bits per heavy atom. The molecule has 4 nitrogen and oxygen atoms in total. The Bertz CT molecular complexity index is 584. The van der Waals surface area contributed by atoms with Gasteiger partial charge in [0.15, 0.2) is 0 Å². The highest BCUT2D eigenvalue weighted by atomic mass is 19.4. The molecule has 0 aliphatic rings. The van der Waals surface area contributed by atoms with Crippen LogP contribution in [0.15, 0.2) is 22.9 Å². The van der Waals surface area contributed by atoms with Gasteiger partial charge in [0.2, 0.25) is 11.8 Å². The van der Waals surface area contributed by atoms with Gasteiger partial charge >= 0.3 is 6.18 Å². The van der Waals surface area contributed by atoms with Gasteiger partial charge < -0.3 is 4.42 Å². The van der Waals surface area contributed by atoms with Crippen molar-refractivity contribution in [2.24, 2.45) is 0 Å². The maximum Gasteiger partial charge on any atom is 0.417 e. The van der Waals surface area contributed by atoms with Crippen LogP contribution >= 0.6 is 0 Å². The Morgan fingerprint density at radius 3 is 2.32 bits per heavy atom. The molecule has 0 saturated carbocycles. The quantitative estimate of drug-likeness (QED) is 0.797. The van der Waals surface area contributed by atoms with E-state index in [0.717, 1.165) is 18.5 Å². The average Bonchev–Trinajstić information content (AvgIpc) is 2.76. The number of nitrogens with zero attached hydrogens (tertiary/aromatic N) is 3. The fraction of sp³-hybridized carbons (Fsp3) is 0.417. The van der Waals surface area contributed by atoms with Crippen LogP contribution in [0.5, 0.6) is 0 Å². The van der Waals surface area contributed by atoms with E-state index in [0.29, 0.717) is 0 Å². The molecule has 0 radical (unpaired) electrons. The van der Waals surface area contributed by atoms with E-state index >= 15 is 0 Å². The van der Waals surface area contributed by atoms with Crippen molar-refractivity contribution < 1.29 is 17.6 Å². The van der Waals surface area contributed by atoms with E-state index in [1.54, 1.807) is 0 Å². The molecule has 0 fully saturated rings. The van der Waals surface area contributed by atoms with Crippen LogP contribution in [0.25, 0.3) is 11.5 Å². The second-order valence-corrected chi connectivity index (χ2v) is 5.08. The van der Waals surface area contributed by atoms with Crippen molar-refractivity contribution in [2.75, 3.05) is 0 Å². The third kappa shape index (κ3) is 2.74. The summed E-state index contributed by atoms with van der Waals surface area (Å²) in [7, 11) is 0. The van der Waals surface area contributed by atoms with Crippen molar-refractivity contribution in [3.8, 4) is 11.5 Å². The van der Waals surface area contributed by atoms with Gasteiger partial charge in [-0.05, 0) is 6.07 Å². The van der Waals surface area contributed by atoms with E-state index in [1.807, 2.05) is 20.8 Å². The highest BCUT2D eigenvalue weighted by molar-refractivity contribution is 5.57. The van der Waals surface area contributed by atoms with Gasteiger partial charge in [0.1, 0.15) is 0 Å². The first kappa shape index (κ1) is 13.5. The first-order valence-corrected chi connectivity index (χ1v) is 5.55. The minimum absolute atomic E-state index is 0.176. The van der Waals surface area contributed by atoms with Gasteiger partial charge in [0.25, 0.3) is 0 Å². The third-order valence-electron chi connectivity index (χ3n) is 2.42. The monoisotopic (exact) mass is 271 g/mol. The Hall–Kier alpha value is -1.92. The minimum Gasteiger partial charge on any atom is -0.420 e. The summed E-state index contributed by atoms with van der Waals surface area (Å²) in [5.74, 6) is 0.102. The summed E-state index contributed by atoms with van der Waals surface area (Å²) in [6.45, 7) is 5.49. The SMILES string of the molecule is CC(C)(C)c1nnc(-c2cnccc2C(F)(F)F)o1. The van der Waals surface area contributed by atoms with Crippen molar-refractivity contribution in [3.05, 3.63) is 29.9 Å². The van der Waals surface area contributed by atoms with Crippen molar-refractivity contribution in [1.29, 1.82) is 0 Å². The maximum atomic E-state index is 12.9. The molecule has 0 amide bonds. The molecule has 0 aliphatic carbocycles. The van der Waals surface area contributed by atoms with E-state index in [4.69, 9.17) is 4.42 Å². The molecular formula is C12H12F3N3O. The zero-order valence-corrected chi connectivity index (χ0v) is 10.6. The standard InChI is InChI=1S/C12H12F3N3O/c1-11(2,3)10-18-17-9(19-10)7-6-16-5-4-8(7)12(13,14)15/h4-6H,1-3H3. The Kier molecular flexibility index (Phi) is 3.07. The molecule has 102 valence electrons. The number of hydrogen-bond donors (Lipinski definition) is 0. The summed E-state index contributed by atoms with van der Waals surface area (Å²) in [6, 6.07) is 0.885. The smallest absolute Gasteiger partial charge is 0.417 e. The van der Waals surface area contributed by atoms with E-state index in [9.17, 15) is 13.2 Å². The summed E-state index contributed by atoms with van der Waals surface area (Å²) < 4.78 is 43.9. The molecule has 19 heavy (non-hydrogen) atoms. The van der Waals surface area contributed by atoms with Crippen LogP contribution in [0.4, 0.5) is 13.2 Å². The molecule has 0 atom stereocenters. The lowest BCUT2D eigenvalue weighted by atomic mass is 9.97. The normalized spacial score (nSPS) is 12.7. The highest BCUT2D eigenvalue weighted by Crippen LogP contribution is 2.36. The van der Waals surface area contributed by atoms with Crippen molar-refractivity contribution in [3.63, 3.8) is 0 Å². The average molecular weight is 271 g/mol. The second kappa shape index (κ2) is 4.32. The molecule has 0 saturated heterocycles. The summed E-state index contributed by atoms with van der Waals surface area (Å²) in [6.07, 6.45) is -2.34. The number of pyridine rings is 1. The van der Waals surface area contributed by atoms with Gasteiger partial charge in [0, 0.05) is 17.8 Å². The van der Waals surface area contributed by atoms with Crippen molar-refractivity contribution in [1.82, 2.24) is 15.2 Å². The van der Waals surface area contributed by atoms with Gasteiger partial charge in [-0.1, -0.05) is 20.8 Å². The predicted octanol–water partition coefficient (Wildman–Crippen LogP) is 3.45. The first-order chi connectivity index (χ1) is 8.69. The highest BCUT2D eigenvalue weighted by Gasteiger charge is 2.35. The summed E-state index contributed by atoms with van der Waals surface area (Å²) in [5.41, 5.74) is -1.48. The topological polar surface area (TPSA) is 51.8 Å². The van der Waals surface area contributed by atoms with Gasteiger partial charge in [0.05, 0.1) is 11.1 Å². The molecular weight excluding hydrogens is 259 g/mol.